The Morgan fingerprint density at radius 1 is 1.03 bits per heavy atom. The van der Waals surface area contributed by atoms with Crippen molar-refractivity contribution in [2.75, 3.05) is 0 Å². The molecule has 0 heterocycles. The third kappa shape index (κ3) is 3.23. The highest BCUT2D eigenvalue weighted by Crippen LogP contribution is 2.73. The Morgan fingerprint density at radius 3 is 2.33 bits per heavy atom. The van der Waals surface area contributed by atoms with E-state index in [1.807, 2.05) is 13.8 Å². The largest absolute Gasteiger partial charge is 0.481 e. The molecule has 4 fully saturated rings. The number of esters is 2. The van der Waals surface area contributed by atoms with Crippen molar-refractivity contribution in [1.29, 1.82) is 0 Å². The Labute approximate surface area is 196 Å². The van der Waals surface area contributed by atoms with E-state index < -0.39 is 22.9 Å². The van der Waals surface area contributed by atoms with Crippen molar-refractivity contribution in [2.45, 2.75) is 91.8 Å². The molecule has 0 amide bonds. The van der Waals surface area contributed by atoms with Gasteiger partial charge >= 0.3 is 17.9 Å². The molecule has 2 bridgehead atoms. The number of carboxylic acids is 1. The van der Waals surface area contributed by atoms with Gasteiger partial charge in [-0.1, -0.05) is 26.0 Å². The van der Waals surface area contributed by atoms with Gasteiger partial charge in [0.25, 0.3) is 0 Å². The quantitative estimate of drug-likeness (QED) is 0.359. The van der Waals surface area contributed by atoms with E-state index in [1.165, 1.54) is 6.92 Å². The summed E-state index contributed by atoms with van der Waals surface area (Å²) in [4.78, 5) is 37.5. The standard InChI is InChI=1S/C27H38O6/c1-7-15(2)23(29)33-21-16(3)18-9-10-20-25(5)12-8-13-26(6,24(30)31)19(25)11-14-27(20,21)22(18)32-17(4)28/h7,18-22H,3,8-14H2,1-2,4-6H3,(H,30,31)/b15-7-/t18-,19+,20+,21+,22-,25+,26+,27+/m0/s1. The molecular formula is C27H38O6. The second-order valence-corrected chi connectivity index (χ2v) is 11.4. The number of ether oxygens (including phenoxy) is 2. The first kappa shape index (κ1) is 24.0. The summed E-state index contributed by atoms with van der Waals surface area (Å²) in [6, 6.07) is 0. The third-order valence-corrected chi connectivity index (χ3v) is 10.0. The van der Waals surface area contributed by atoms with Gasteiger partial charge in [-0.2, -0.15) is 0 Å². The number of carbonyl (C=O) groups excluding carboxylic acids is 2. The Kier molecular flexibility index (Phi) is 5.82. The van der Waals surface area contributed by atoms with Crippen LogP contribution in [0, 0.1) is 34.0 Å². The highest BCUT2D eigenvalue weighted by molar-refractivity contribution is 5.88. The molecule has 1 spiro atoms. The van der Waals surface area contributed by atoms with Crippen LogP contribution >= 0.6 is 0 Å². The normalized spacial score (nSPS) is 44.5. The molecule has 0 aliphatic heterocycles. The average molecular weight is 459 g/mol. The summed E-state index contributed by atoms with van der Waals surface area (Å²) in [6.07, 6.45) is 6.39. The van der Waals surface area contributed by atoms with Crippen molar-refractivity contribution < 1.29 is 29.0 Å². The van der Waals surface area contributed by atoms with Crippen LogP contribution in [0.15, 0.2) is 23.8 Å². The van der Waals surface area contributed by atoms with Crippen LogP contribution < -0.4 is 0 Å². The highest BCUT2D eigenvalue weighted by atomic mass is 16.6. The summed E-state index contributed by atoms with van der Waals surface area (Å²) in [5, 5.41) is 10.2. The zero-order valence-corrected chi connectivity index (χ0v) is 20.6. The van der Waals surface area contributed by atoms with Gasteiger partial charge < -0.3 is 14.6 Å². The maximum Gasteiger partial charge on any atom is 0.333 e. The number of rotatable bonds is 4. The Balaban J connectivity index is 1.83. The molecule has 0 saturated heterocycles. The number of aliphatic carboxylic acids is 1. The molecule has 4 aliphatic carbocycles. The molecule has 4 saturated carbocycles. The molecule has 182 valence electrons. The van der Waals surface area contributed by atoms with Crippen molar-refractivity contribution in [3.05, 3.63) is 23.8 Å². The fourth-order valence-electron chi connectivity index (χ4n) is 8.48. The average Bonchev–Trinajstić information content (AvgIpc) is 2.86. The fourth-order valence-corrected chi connectivity index (χ4v) is 8.48. The number of hydrogen-bond acceptors (Lipinski definition) is 5. The van der Waals surface area contributed by atoms with Crippen molar-refractivity contribution in [1.82, 2.24) is 0 Å². The smallest absolute Gasteiger partial charge is 0.333 e. The molecule has 0 unspecified atom stereocenters. The summed E-state index contributed by atoms with van der Waals surface area (Å²) in [5.41, 5.74) is -0.182. The van der Waals surface area contributed by atoms with E-state index in [-0.39, 0.29) is 41.2 Å². The first-order chi connectivity index (χ1) is 15.4. The zero-order valence-electron chi connectivity index (χ0n) is 20.6. The van der Waals surface area contributed by atoms with Crippen molar-refractivity contribution >= 4 is 17.9 Å². The molecule has 4 rings (SSSR count). The van der Waals surface area contributed by atoms with E-state index >= 15 is 0 Å². The van der Waals surface area contributed by atoms with Gasteiger partial charge in [-0.3, -0.25) is 9.59 Å². The molecule has 4 aliphatic rings. The number of allylic oxidation sites excluding steroid dienone is 1. The van der Waals surface area contributed by atoms with Gasteiger partial charge in [-0.15, -0.1) is 0 Å². The van der Waals surface area contributed by atoms with Gasteiger partial charge in [0, 0.05) is 18.4 Å². The first-order valence-electron chi connectivity index (χ1n) is 12.4. The van der Waals surface area contributed by atoms with Crippen molar-refractivity contribution in [3.8, 4) is 0 Å². The Hall–Kier alpha value is -2.11. The van der Waals surface area contributed by atoms with Gasteiger partial charge in [0.2, 0.25) is 0 Å². The summed E-state index contributed by atoms with van der Waals surface area (Å²) in [5.74, 6) is -1.33. The predicted octanol–water partition coefficient (Wildman–Crippen LogP) is 5.07. The van der Waals surface area contributed by atoms with Crippen LogP contribution in [0.5, 0.6) is 0 Å². The van der Waals surface area contributed by atoms with Crippen LogP contribution in [0.3, 0.4) is 0 Å². The number of carbonyl (C=O) groups is 3. The molecule has 0 radical (unpaired) electrons. The topological polar surface area (TPSA) is 89.9 Å². The van der Waals surface area contributed by atoms with Crippen molar-refractivity contribution in [3.63, 3.8) is 0 Å². The second kappa shape index (κ2) is 7.99. The second-order valence-electron chi connectivity index (χ2n) is 11.4. The van der Waals surface area contributed by atoms with E-state index in [0.29, 0.717) is 24.8 Å². The molecule has 6 heteroatoms. The van der Waals surface area contributed by atoms with Crippen LogP contribution in [0.2, 0.25) is 0 Å². The summed E-state index contributed by atoms with van der Waals surface area (Å²) >= 11 is 0. The zero-order chi connectivity index (χ0) is 24.3. The van der Waals surface area contributed by atoms with Gasteiger partial charge in [0.15, 0.2) is 0 Å². The van der Waals surface area contributed by atoms with Crippen LogP contribution in [0.25, 0.3) is 0 Å². The number of fused-ring (bicyclic) bond motifs is 3. The lowest BCUT2D eigenvalue weighted by atomic mass is 9.40. The highest BCUT2D eigenvalue weighted by Gasteiger charge is 2.73. The molecule has 8 atom stereocenters. The molecule has 33 heavy (non-hydrogen) atoms. The molecular weight excluding hydrogens is 420 g/mol. The van der Waals surface area contributed by atoms with Crippen LogP contribution in [0.4, 0.5) is 0 Å². The summed E-state index contributed by atoms with van der Waals surface area (Å²) in [6.45, 7) is 13.5. The predicted molar refractivity (Wildman–Crippen MR) is 123 cm³/mol. The summed E-state index contributed by atoms with van der Waals surface area (Å²) in [7, 11) is 0. The number of carboxylic acid groups (broad SMARTS) is 1. The van der Waals surface area contributed by atoms with E-state index in [1.54, 1.807) is 13.0 Å². The Bertz CT molecular complexity index is 920. The Morgan fingerprint density at radius 2 is 1.73 bits per heavy atom. The van der Waals surface area contributed by atoms with Gasteiger partial charge in [0.1, 0.15) is 12.2 Å². The lowest BCUT2D eigenvalue weighted by Gasteiger charge is -2.64. The van der Waals surface area contributed by atoms with Crippen molar-refractivity contribution in [2.24, 2.45) is 34.0 Å². The van der Waals surface area contributed by atoms with E-state index in [4.69, 9.17) is 9.47 Å². The van der Waals surface area contributed by atoms with E-state index in [9.17, 15) is 19.5 Å². The fraction of sp³-hybridized carbons (Fsp3) is 0.741. The van der Waals surface area contributed by atoms with Gasteiger partial charge in [-0.25, -0.2) is 4.79 Å². The van der Waals surface area contributed by atoms with E-state index in [0.717, 1.165) is 31.3 Å². The summed E-state index contributed by atoms with van der Waals surface area (Å²) < 4.78 is 12.2. The lowest BCUT2D eigenvalue weighted by molar-refractivity contribution is -0.224. The first-order valence-corrected chi connectivity index (χ1v) is 12.4. The minimum Gasteiger partial charge on any atom is -0.481 e. The number of hydrogen-bond donors (Lipinski definition) is 1. The minimum absolute atomic E-state index is 0.0314. The van der Waals surface area contributed by atoms with Crippen LogP contribution in [-0.2, 0) is 23.9 Å². The maximum atomic E-state index is 12.9. The minimum atomic E-state index is -0.772. The third-order valence-electron chi connectivity index (χ3n) is 10.0. The molecule has 0 aromatic rings. The lowest BCUT2D eigenvalue weighted by Crippen LogP contribution is -2.64. The molecule has 0 aromatic heterocycles. The van der Waals surface area contributed by atoms with Crippen LogP contribution in [-0.4, -0.2) is 35.2 Å². The SMILES string of the molecule is C=C1[C@@H](OC(=O)/C(C)=C\C)[C@@]23CC[C@@H]4[C@@](C)(CCC[C@@]4(C)C(=O)O)[C@H]2CC[C@@H]1[C@@H]3OC(C)=O. The van der Waals surface area contributed by atoms with Gasteiger partial charge in [0.05, 0.1) is 10.8 Å². The monoisotopic (exact) mass is 458 g/mol. The molecule has 1 N–H and O–H groups in total. The molecule has 0 aromatic carbocycles. The van der Waals surface area contributed by atoms with Gasteiger partial charge in [-0.05, 0) is 82.1 Å². The molecule has 6 nitrogen and oxygen atoms in total. The van der Waals surface area contributed by atoms with Crippen LogP contribution in [0.1, 0.15) is 79.6 Å². The van der Waals surface area contributed by atoms with E-state index in [2.05, 4.69) is 13.5 Å². The maximum absolute atomic E-state index is 12.9.